The lowest BCUT2D eigenvalue weighted by Gasteiger charge is -2.05. The molecule has 3 N–H and O–H groups in total. The number of aryl methyl sites for hydroxylation is 1. The molecule has 0 spiro atoms. The Morgan fingerprint density at radius 2 is 2.13 bits per heavy atom. The average molecular weight is 314 g/mol. The number of fused-ring (bicyclic) bond motifs is 1. The number of anilines is 2. The van der Waals surface area contributed by atoms with Crippen molar-refractivity contribution in [2.45, 2.75) is 39.8 Å². The molecule has 3 rings (SSSR count). The van der Waals surface area contributed by atoms with Crippen LogP contribution in [0.5, 0.6) is 0 Å². The Balaban J connectivity index is 1.90. The highest BCUT2D eigenvalue weighted by atomic mass is 15.3. The third-order valence-corrected chi connectivity index (χ3v) is 3.71. The molecule has 8 heteroatoms. The average Bonchev–Trinajstić information content (AvgIpc) is 3.13. The van der Waals surface area contributed by atoms with Gasteiger partial charge in [-0.15, -0.1) is 0 Å². The molecule has 0 aromatic carbocycles. The standard InChI is InChI=1S/C15H22N8/c1-3-5-6-18-14-13-12(19-15(16)20-14)9-23(21-13)8-11-7-17-10-22(11)4-2/h7,9-10H,3-6,8H2,1-2H3,(H3,16,18,19,20). The van der Waals surface area contributed by atoms with Gasteiger partial charge in [0.25, 0.3) is 0 Å². The summed E-state index contributed by atoms with van der Waals surface area (Å²) in [6.07, 6.45) is 7.77. The maximum Gasteiger partial charge on any atom is 0.222 e. The van der Waals surface area contributed by atoms with Gasteiger partial charge in [-0.05, 0) is 13.3 Å². The van der Waals surface area contributed by atoms with Crippen LogP contribution in [0.25, 0.3) is 11.0 Å². The number of nitrogens with one attached hydrogen (secondary N) is 1. The van der Waals surface area contributed by atoms with Gasteiger partial charge in [0.15, 0.2) is 11.3 Å². The van der Waals surface area contributed by atoms with Crippen LogP contribution in [0.1, 0.15) is 32.4 Å². The van der Waals surface area contributed by atoms with Gasteiger partial charge in [-0.25, -0.2) is 9.97 Å². The fourth-order valence-corrected chi connectivity index (χ4v) is 2.50. The van der Waals surface area contributed by atoms with Crippen LogP contribution in [0.15, 0.2) is 18.7 Å². The minimum atomic E-state index is 0.259. The molecule has 3 aromatic heterocycles. The lowest BCUT2D eigenvalue weighted by atomic mass is 10.3. The summed E-state index contributed by atoms with van der Waals surface area (Å²) in [5.41, 5.74) is 8.40. The third kappa shape index (κ3) is 3.25. The Morgan fingerprint density at radius 1 is 1.26 bits per heavy atom. The minimum absolute atomic E-state index is 0.259. The van der Waals surface area contributed by atoms with Gasteiger partial charge < -0.3 is 15.6 Å². The lowest BCUT2D eigenvalue weighted by Crippen LogP contribution is -2.07. The molecular weight excluding hydrogens is 292 g/mol. The number of imidazole rings is 1. The molecule has 0 aliphatic heterocycles. The molecule has 8 nitrogen and oxygen atoms in total. The molecule has 0 bridgehead atoms. The van der Waals surface area contributed by atoms with Crippen LogP contribution in [-0.4, -0.2) is 35.8 Å². The van der Waals surface area contributed by atoms with Crippen molar-refractivity contribution < 1.29 is 0 Å². The Morgan fingerprint density at radius 3 is 2.91 bits per heavy atom. The molecule has 3 heterocycles. The topological polar surface area (TPSA) is 99.5 Å². The largest absolute Gasteiger partial charge is 0.368 e. The lowest BCUT2D eigenvalue weighted by molar-refractivity contribution is 0.627. The molecule has 0 saturated carbocycles. The van der Waals surface area contributed by atoms with Crippen LogP contribution < -0.4 is 11.1 Å². The van der Waals surface area contributed by atoms with Crippen LogP contribution in [0.2, 0.25) is 0 Å². The van der Waals surface area contributed by atoms with Crippen molar-refractivity contribution in [2.75, 3.05) is 17.6 Å². The highest BCUT2D eigenvalue weighted by Crippen LogP contribution is 2.20. The monoisotopic (exact) mass is 314 g/mol. The van der Waals surface area contributed by atoms with E-state index in [9.17, 15) is 0 Å². The summed E-state index contributed by atoms with van der Waals surface area (Å²) in [5.74, 6) is 0.957. The minimum Gasteiger partial charge on any atom is -0.368 e. The summed E-state index contributed by atoms with van der Waals surface area (Å²) >= 11 is 0. The van der Waals surface area contributed by atoms with Crippen molar-refractivity contribution in [3.05, 3.63) is 24.4 Å². The summed E-state index contributed by atoms with van der Waals surface area (Å²) in [6, 6.07) is 0. The summed E-state index contributed by atoms with van der Waals surface area (Å²) in [5, 5.41) is 7.91. The van der Waals surface area contributed by atoms with E-state index in [0.717, 1.165) is 42.7 Å². The van der Waals surface area contributed by atoms with Crippen molar-refractivity contribution in [1.82, 2.24) is 29.3 Å². The van der Waals surface area contributed by atoms with Crippen molar-refractivity contribution >= 4 is 22.8 Å². The van der Waals surface area contributed by atoms with Gasteiger partial charge >= 0.3 is 0 Å². The van der Waals surface area contributed by atoms with Crippen LogP contribution in [0, 0.1) is 0 Å². The Labute approximate surface area is 134 Å². The highest BCUT2D eigenvalue weighted by Gasteiger charge is 2.12. The predicted octanol–water partition coefficient (Wildman–Crippen LogP) is 1.89. The van der Waals surface area contributed by atoms with E-state index >= 15 is 0 Å². The molecule has 0 fully saturated rings. The highest BCUT2D eigenvalue weighted by molar-refractivity contribution is 5.85. The van der Waals surface area contributed by atoms with Crippen molar-refractivity contribution in [2.24, 2.45) is 0 Å². The van der Waals surface area contributed by atoms with Gasteiger partial charge in [-0.3, -0.25) is 4.68 Å². The maximum absolute atomic E-state index is 5.81. The van der Waals surface area contributed by atoms with Crippen molar-refractivity contribution in [3.63, 3.8) is 0 Å². The number of nitrogens with two attached hydrogens (primary N) is 1. The first-order chi connectivity index (χ1) is 11.2. The number of nitrogens with zero attached hydrogens (tertiary/aromatic N) is 6. The van der Waals surface area contributed by atoms with Gasteiger partial charge in [0.1, 0.15) is 5.52 Å². The zero-order valence-corrected chi connectivity index (χ0v) is 13.5. The number of rotatable bonds is 7. The molecule has 23 heavy (non-hydrogen) atoms. The first-order valence-corrected chi connectivity index (χ1v) is 7.94. The van der Waals surface area contributed by atoms with Crippen LogP contribution in [0.3, 0.4) is 0 Å². The van der Waals surface area contributed by atoms with Gasteiger partial charge in [-0.2, -0.15) is 10.1 Å². The molecule has 3 aromatic rings. The molecule has 0 aliphatic carbocycles. The van der Waals surface area contributed by atoms with E-state index in [-0.39, 0.29) is 5.95 Å². The Kier molecular flexibility index (Phi) is 4.40. The van der Waals surface area contributed by atoms with Gasteiger partial charge in [-0.1, -0.05) is 13.3 Å². The predicted molar refractivity (Wildman–Crippen MR) is 90.1 cm³/mol. The van der Waals surface area contributed by atoms with Gasteiger partial charge in [0.2, 0.25) is 5.95 Å². The number of hydrogen-bond donors (Lipinski definition) is 2. The van der Waals surface area contributed by atoms with E-state index in [1.807, 2.05) is 23.4 Å². The normalized spacial score (nSPS) is 11.2. The molecule has 0 amide bonds. The van der Waals surface area contributed by atoms with Crippen LogP contribution >= 0.6 is 0 Å². The molecule has 122 valence electrons. The summed E-state index contributed by atoms with van der Waals surface area (Å²) < 4.78 is 3.94. The van der Waals surface area contributed by atoms with E-state index in [1.165, 1.54) is 0 Å². The van der Waals surface area contributed by atoms with Crippen LogP contribution in [0.4, 0.5) is 11.8 Å². The molecule has 0 radical (unpaired) electrons. The number of nitrogen functional groups attached to an aromatic ring is 1. The second-order valence-electron chi connectivity index (χ2n) is 5.44. The smallest absolute Gasteiger partial charge is 0.222 e. The number of unbranched alkanes of at least 4 members (excludes halogenated alkanes) is 1. The molecular formula is C15H22N8. The Bertz CT molecular complexity index is 788. The first-order valence-electron chi connectivity index (χ1n) is 7.94. The molecule has 0 aliphatic rings. The van der Waals surface area contributed by atoms with E-state index < -0.39 is 0 Å². The SMILES string of the molecule is CCCCNc1nc(N)nc2cn(Cc3cncn3CC)nc12. The van der Waals surface area contributed by atoms with E-state index in [0.29, 0.717) is 12.4 Å². The molecule has 0 atom stereocenters. The van der Waals surface area contributed by atoms with Gasteiger partial charge in [0.05, 0.1) is 31.0 Å². The maximum atomic E-state index is 5.81. The fourth-order valence-electron chi connectivity index (χ4n) is 2.50. The summed E-state index contributed by atoms with van der Waals surface area (Å²) in [6.45, 7) is 6.60. The van der Waals surface area contributed by atoms with Crippen molar-refractivity contribution in [3.8, 4) is 0 Å². The molecule has 0 unspecified atom stereocenters. The van der Waals surface area contributed by atoms with Crippen molar-refractivity contribution in [1.29, 1.82) is 0 Å². The van der Waals surface area contributed by atoms with E-state index in [2.05, 4.69) is 43.8 Å². The first kappa shape index (κ1) is 15.3. The Hall–Kier alpha value is -2.64. The third-order valence-electron chi connectivity index (χ3n) is 3.71. The zero-order chi connectivity index (χ0) is 16.2. The number of hydrogen-bond acceptors (Lipinski definition) is 6. The zero-order valence-electron chi connectivity index (χ0n) is 13.5. The summed E-state index contributed by atoms with van der Waals surface area (Å²) in [7, 11) is 0. The van der Waals surface area contributed by atoms with Gasteiger partial charge in [0, 0.05) is 13.1 Å². The number of aromatic nitrogens is 6. The van der Waals surface area contributed by atoms with Crippen LogP contribution in [-0.2, 0) is 13.1 Å². The molecule has 0 saturated heterocycles. The second-order valence-corrected chi connectivity index (χ2v) is 5.44. The van der Waals surface area contributed by atoms with E-state index in [4.69, 9.17) is 5.73 Å². The van der Waals surface area contributed by atoms with E-state index in [1.54, 1.807) is 0 Å². The quantitative estimate of drug-likeness (QED) is 0.646. The summed E-state index contributed by atoms with van der Waals surface area (Å²) in [4.78, 5) is 12.7. The second kappa shape index (κ2) is 6.64. The fraction of sp³-hybridized carbons (Fsp3) is 0.467.